The molecule has 1 aliphatic heterocycles. The number of likely N-dealkylation sites (N-methyl/N-ethyl adjacent to an activating group) is 1. The quantitative estimate of drug-likeness (QED) is 0.862. The predicted octanol–water partition coefficient (Wildman–Crippen LogP) is 1.62. The molecular formula is C15H18N2O5. The average molecular weight is 306 g/mol. The zero-order valence-electron chi connectivity index (χ0n) is 12.5. The summed E-state index contributed by atoms with van der Waals surface area (Å²) in [6.45, 7) is 1.86. The van der Waals surface area contributed by atoms with E-state index in [0.717, 1.165) is 0 Å². The minimum atomic E-state index is -1.02. The maximum atomic E-state index is 12.0. The Balaban J connectivity index is 2.13. The number of nitrogens with one attached hydrogen (secondary N) is 1. The van der Waals surface area contributed by atoms with E-state index in [1.165, 1.54) is 4.90 Å². The Bertz CT molecular complexity index is 614. The smallest absolute Gasteiger partial charge is 0.303 e. The van der Waals surface area contributed by atoms with Gasteiger partial charge >= 0.3 is 5.97 Å². The molecule has 0 bridgehead atoms. The Morgan fingerprint density at radius 3 is 2.73 bits per heavy atom. The van der Waals surface area contributed by atoms with E-state index in [1.807, 2.05) is 6.92 Å². The van der Waals surface area contributed by atoms with Gasteiger partial charge in [-0.05, 0) is 18.6 Å². The fourth-order valence-electron chi connectivity index (χ4n) is 2.20. The number of hydrogen-bond acceptors (Lipinski definition) is 4. The molecule has 1 aromatic carbocycles. The van der Waals surface area contributed by atoms with Crippen molar-refractivity contribution in [3.8, 4) is 5.75 Å². The van der Waals surface area contributed by atoms with Crippen molar-refractivity contribution in [2.45, 2.75) is 32.3 Å². The highest BCUT2D eigenvalue weighted by molar-refractivity contribution is 6.00. The monoisotopic (exact) mass is 306 g/mol. The molecule has 2 amide bonds. The Labute approximate surface area is 127 Å². The van der Waals surface area contributed by atoms with E-state index < -0.39 is 12.1 Å². The molecule has 1 heterocycles. The number of carboxylic acid groups (broad SMARTS) is 1. The molecule has 0 aliphatic carbocycles. The first-order valence-electron chi connectivity index (χ1n) is 7.02. The SMILES string of the molecule is CCC1Oc2cc(NC(=O)CCC(=O)O)ccc2N(C)C1=O. The van der Waals surface area contributed by atoms with Gasteiger partial charge in [0.05, 0.1) is 12.1 Å². The second-order valence-corrected chi connectivity index (χ2v) is 5.04. The van der Waals surface area contributed by atoms with E-state index in [4.69, 9.17) is 9.84 Å². The van der Waals surface area contributed by atoms with Gasteiger partial charge in [-0.3, -0.25) is 14.4 Å². The fraction of sp³-hybridized carbons (Fsp3) is 0.400. The number of nitrogens with zero attached hydrogens (tertiary/aromatic N) is 1. The van der Waals surface area contributed by atoms with Crippen molar-refractivity contribution in [3.63, 3.8) is 0 Å². The van der Waals surface area contributed by atoms with Gasteiger partial charge in [-0.2, -0.15) is 0 Å². The first kappa shape index (κ1) is 15.8. The summed E-state index contributed by atoms with van der Waals surface area (Å²) in [5.41, 5.74) is 1.14. The summed E-state index contributed by atoms with van der Waals surface area (Å²) in [5, 5.41) is 11.2. The summed E-state index contributed by atoms with van der Waals surface area (Å²) in [6, 6.07) is 4.97. The fourth-order valence-corrected chi connectivity index (χ4v) is 2.20. The van der Waals surface area contributed by atoms with Crippen LogP contribution in [-0.4, -0.2) is 36.0 Å². The first-order valence-corrected chi connectivity index (χ1v) is 7.02. The zero-order chi connectivity index (χ0) is 16.3. The van der Waals surface area contributed by atoms with Crippen LogP contribution in [0.25, 0.3) is 0 Å². The van der Waals surface area contributed by atoms with Crippen molar-refractivity contribution in [2.24, 2.45) is 0 Å². The van der Waals surface area contributed by atoms with Gasteiger partial charge in [0.2, 0.25) is 5.91 Å². The Morgan fingerprint density at radius 2 is 2.09 bits per heavy atom. The Morgan fingerprint density at radius 1 is 1.36 bits per heavy atom. The number of carbonyl (C=O) groups excluding carboxylic acids is 2. The lowest BCUT2D eigenvalue weighted by molar-refractivity contribution is -0.138. The molecule has 22 heavy (non-hydrogen) atoms. The minimum absolute atomic E-state index is 0.0940. The summed E-state index contributed by atoms with van der Waals surface area (Å²) in [6.07, 6.45) is -0.292. The summed E-state index contributed by atoms with van der Waals surface area (Å²) in [7, 11) is 1.68. The number of aliphatic carboxylic acids is 1. The van der Waals surface area contributed by atoms with Crippen LogP contribution in [0.5, 0.6) is 5.75 Å². The Hall–Kier alpha value is -2.57. The summed E-state index contributed by atoms with van der Waals surface area (Å²) >= 11 is 0. The van der Waals surface area contributed by atoms with Crippen LogP contribution in [0.1, 0.15) is 26.2 Å². The third-order valence-corrected chi connectivity index (χ3v) is 3.42. The number of amides is 2. The summed E-state index contributed by atoms with van der Waals surface area (Å²) in [5.74, 6) is -0.984. The topological polar surface area (TPSA) is 95.9 Å². The lowest BCUT2D eigenvalue weighted by Gasteiger charge is -2.31. The van der Waals surface area contributed by atoms with Gasteiger partial charge in [-0.25, -0.2) is 0 Å². The Kier molecular flexibility index (Phi) is 4.65. The van der Waals surface area contributed by atoms with Crippen LogP contribution in [0.2, 0.25) is 0 Å². The van der Waals surface area contributed by atoms with Crippen LogP contribution in [0.3, 0.4) is 0 Å². The molecular weight excluding hydrogens is 288 g/mol. The van der Waals surface area contributed by atoms with Crippen molar-refractivity contribution in [2.75, 3.05) is 17.3 Å². The molecule has 1 aromatic rings. The van der Waals surface area contributed by atoms with Crippen molar-refractivity contribution >= 4 is 29.2 Å². The normalized spacial score (nSPS) is 16.7. The molecule has 7 nitrogen and oxygen atoms in total. The molecule has 0 spiro atoms. The maximum absolute atomic E-state index is 12.0. The van der Waals surface area contributed by atoms with Crippen molar-refractivity contribution in [1.82, 2.24) is 0 Å². The largest absolute Gasteiger partial charge is 0.481 e. The number of benzene rings is 1. The van der Waals surface area contributed by atoms with Gasteiger partial charge in [0.15, 0.2) is 6.10 Å². The molecule has 1 unspecified atom stereocenters. The third kappa shape index (κ3) is 3.36. The number of anilines is 2. The van der Waals surface area contributed by atoms with Gasteiger partial charge in [-0.1, -0.05) is 6.92 Å². The lowest BCUT2D eigenvalue weighted by Crippen LogP contribution is -2.43. The molecule has 7 heteroatoms. The third-order valence-electron chi connectivity index (χ3n) is 3.42. The van der Waals surface area contributed by atoms with Crippen LogP contribution in [0.15, 0.2) is 18.2 Å². The highest BCUT2D eigenvalue weighted by Crippen LogP contribution is 2.36. The van der Waals surface area contributed by atoms with Gasteiger partial charge < -0.3 is 20.1 Å². The number of rotatable bonds is 5. The van der Waals surface area contributed by atoms with Gasteiger partial charge in [0.1, 0.15) is 5.75 Å². The molecule has 0 radical (unpaired) electrons. The van der Waals surface area contributed by atoms with E-state index in [9.17, 15) is 14.4 Å². The highest BCUT2D eigenvalue weighted by atomic mass is 16.5. The van der Waals surface area contributed by atoms with Crippen LogP contribution < -0.4 is 15.0 Å². The minimum Gasteiger partial charge on any atom is -0.481 e. The molecule has 2 rings (SSSR count). The van der Waals surface area contributed by atoms with E-state index >= 15 is 0 Å². The van der Waals surface area contributed by atoms with Gasteiger partial charge in [0, 0.05) is 25.2 Å². The van der Waals surface area contributed by atoms with Crippen molar-refractivity contribution < 1.29 is 24.2 Å². The molecule has 0 aromatic heterocycles. The number of fused-ring (bicyclic) bond motifs is 1. The lowest BCUT2D eigenvalue weighted by atomic mass is 10.1. The second kappa shape index (κ2) is 6.46. The highest BCUT2D eigenvalue weighted by Gasteiger charge is 2.31. The molecule has 1 atom stereocenters. The standard InChI is InChI=1S/C15H18N2O5/c1-3-11-15(21)17(2)10-5-4-9(8-12(10)22-11)16-13(18)6-7-14(19)20/h4-5,8,11H,3,6-7H2,1-2H3,(H,16,18)(H,19,20). The van der Waals surface area contributed by atoms with E-state index in [2.05, 4.69) is 5.32 Å². The number of ether oxygens (including phenoxy) is 1. The second-order valence-electron chi connectivity index (χ2n) is 5.04. The molecule has 0 fully saturated rings. The van der Waals surface area contributed by atoms with Crippen LogP contribution >= 0.6 is 0 Å². The van der Waals surface area contributed by atoms with E-state index in [-0.39, 0.29) is 24.7 Å². The molecule has 0 saturated heterocycles. The van der Waals surface area contributed by atoms with Crippen LogP contribution in [0.4, 0.5) is 11.4 Å². The maximum Gasteiger partial charge on any atom is 0.303 e. The summed E-state index contributed by atoms with van der Waals surface area (Å²) < 4.78 is 5.65. The summed E-state index contributed by atoms with van der Waals surface area (Å²) in [4.78, 5) is 35.6. The van der Waals surface area contributed by atoms with Crippen molar-refractivity contribution in [1.29, 1.82) is 0 Å². The van der Waals surface area contributed by atoms with Crippen LogP contribution in [0, 0.1) is 0 Å². The number of carbonyl (C=O) groups is 3. The first-order chi connectivity index (χ1) is 10.4. The molecule has 1 aliphatic rings. The van der Waals surface area contributed by atoms with Gasteiger partial charge in [0.25, 0.3) is 5.91 Å². The zero-order valence-corrected chi connectivity index (χ0v) is 12.5. The van der Waals surface area contributed by atoms with Gasteiger partial charge in [-0.15, -0.1) is 0 Å². The molecule has 0 saturated carbocycles. The molecule has 2 N–H and O–H groups in total. The number of hydrogen-bond donors (Lipinski definition) is 2. The number of carboxylic acids is 1. The molecule has 118 valence electrons. The van der Waals surface area contributed by atoms with E-state index in [1.54, 1.807) is 25.2 Å². The van der Waals surface area contributed by atoms with E-state index in [0.29, 0.717) is 23.5 Å². The van der Waals surface area contributed by atoms with Crippen LogP contribution in [-0.2, 0) is 14.4 Å². The predicted molar refractivity (Wildman–Crippen MR) is 80.1 cm³/mol. The van der Waals surface area contributed by atoms with Crippen molar-refractivity contribution in [3.05, 3.63) is 18.2 Å². The average Bonchev–Trinajstić information content (AvgIpc) is 2.48.